The zero-order valence-corrected chi connectivity index (χ0v) is 52.0. The molecule has 0 aromatic carbocycles. The summed E-state index contributed by atoms with van der Waals surface area (Å²) in [4.78, 5) is 38.3. The van der Waals surface area contributed by atoms with Crippen LogP contribution in [0.5, 0.6) is 0 Å². The van der Waals surface area contributed by atoms with Crippen molar-refractivity contribution in [2.75, 3.05) is 13.2 Å². The lowest BCUT2D eigenvalue weighted by atomic mass is 10.1. The summed E-state index contributed by atoms with van der Waals surface area (Å²) >= 11 is 0. The van der Waals surface area contributed by atoms with Crippen molar-refractivity contribution in [2.24, 2.45) is 0 Å². The van der Waals surface area contributed by atoms with Crippen LogP contribution in [0.1, 0.15) is 265 Å². The molecule has 81 heavy (non-hydrogen) atoms. The molecular formula is C75H118O6. The standard InChI is InChI=1S/C75H118O6/c1-4-7-10-13-16-19-22-25-27-29-31-33-35-36-37-38-40-41-43-45-47-50-53-56-59-62-65-68-74(77)80-71-72(70-79-73(76)67-64-61-58-55-52-49-24-21-18-15-12-9-6-3)81-75(78)69-66-63-60-57-54-51-48-46-44-42-39-34-32-30-28-26-23-20-17-14-11-8-5-2/h7,9-10,12,16,18-19,21,23,25-27,30-33,36-37,39-42,45,47,49,52-53,56,72H,4-6,8,11,13-15,17,20,22,24,28-29,34-35,38,43-44,46,48,50-51,54-55,57-71H2,1-3H3/b10-7-,12-9-,19-16-,21-18-,26-23-,27-25-,32-30-,33-31-,37-36-,41-40-,42-39-,47-45-,52-49-,56-53-. The first-order valence-corrected chi connectivity index (χ1v) is 32.6. The first-order valence-electron chi connectivity index (χ1n) is 32.6. The third kappa shape index (κ3) is 65.5. The summed E-state index contributed by atoms with van der Waals surface area (Å²) in [5, 5.41) is 0. The third-order valence-electron chi connectivity index (χ3n) is 13.2. The van der Waals surface area contributed by atoms with Gasteiger partial charge in [-0.15, -0.1) is 0 Å². The molecule has 0 rings (SSSR count). The minimum atomic E-state index is -0.823. The van der Waals surface area contributed by atoms with Gasteiger partial charge in [0.15, 0.2) is 6.10 Å². The number of ether oxygens (including phenoxy) is 3. The largest absolute Gasteiger partial charge is 0.462 e. The quantitative estimate of drug-likeness (QED) is 0.0261. The lowest BCUT2D eigenvalue weighted by molar-refractivity contribution is -0.167. The van der Waals surface area contributed by atoms with Gasteiger partial charge in [0.1, 0.15) is 13.2 Å². The van der Waals surface area contributed by atoms with Gasteiger partial charge >= 0.3 is 17.9 Å². The van der Waals surface area contributed by atoms with Gasteiger partial charge in [-0.3, -0.25) is 14.4 Å². The first kappa shape index (κ1) is 75.8. The van der Waals surface area contributed by atoms with E-state index in [9.17, 15) is 14.4 Å². The summed E-state index contributed by atoms with van der Waals surface area (Å²) in [6.45, 7) is 6.33. The van der Waals surface area contributed by atoms with Crippen molar-refractivity contribution in [1.29, 1.82) is 0 Å². The Balaban J connectivity index is 4.48. The van der Waals surface area contributed by atoms with Crippen LogP contribution in [-0.4, -0.2) is 37.2 Å². The van der Waals surface area contributed by atoms with Crippen LogP contribution in [0.25, 0.3) is 0 Å². The fourth-order valence-electron chi connectivity index (χ4n) is 8.36. The van der Waals surface area contributed by atoms with Crippen molar-refractivity contribution in [1.82, 2.24) is 0 Å². The molecule has 0 fully saturated rings. The number of carbonyl (C=O) groups is 3. The molecule has 0 heterocycles. The van der Waals surface area contributed by atoms with Crippen LogP contribution in [-0.2, 0) is 28.6 Å². The Morgan fingerprint density at radius 2 is 0.481 bits per heavy atom. The van der Waals surface area contributed by atoms with Crippen molar-refractivity contribution in [3.8, 4) is 0 Å². The van der Waals surface area contributed by atoms with E-state index in [1.165, 1.54) is 70.6 Å². The van der Waals surface area contributed by atoms with E-state index in [0.29, 0.717) is 19.3 Å². The smallest absolute Gasteiger partial charge is 0.306 e. The molecule has 1 unspecified atom stereocenters. The zero-order chi connectivity index (χ0) is 58.5. The lowest BCUT2D eigenvalue weighted by Crippen LogP contribution is -2.30. The average Bonchev–Trinajstić information content (AvgIpc) is 3.46. The molecule has 1 atom stereocenters. The molecule has 0 spiro atoms. The summed E-state index contributed by atoms with van der Waals surface area (Å²) in [6.07, 6.45) is 99.3. The molecule has 0 aliphatic rings. The van der Waals surface area contributed by atoms with Gasteiger partial charge in [0.05, 0.1) is 0 Å². The average molecular weight is 1120 g/mol. The van der Waals surface area contributed by atoms with E-state index in [2.05, 4.69) is 191 Å². The number of carbonyl (C=O) groups excluding carboxylic acids is 3. The maximum atomic E-state index is 12.9. The highest BCUT2D eigenvalue weighted by atomic mass is 16.6. The van der Waals surface area contributed by atoms with Gasteiger partial charge in [-0.2, -0.15) is 0 Å². The summed E-state index contributed by atoms with van der Waals surface area (Å²) in [6, 6.07) is 0. The Labute approximate surface area is 498 Å². The van der Waals surface area contributed by atoms with Gasteiger partial charge in [0, 0.05) is 19.3 Å². The summed E-state index contributed by atoms with van der Waals surface area (Å²) in [7, 11) is 0. The van der Waals surface area contributed by atoms with Crippen molar-refractivity contribution in [2.45, 2.75) is 271 Å². The molecule has 0 aliphatic carbocycles. The number of allylic oxidation sites excluding steroid dienone is 28. The van der Waals surface area contributed by atoms with Gasteiger partial charge in [-0.05, 0) is 154 Å². The zero-order valence-electron chi connectivity index (χ0n) is 52.0. The van der Waals surface area contributed by atoms with Crippen molar-refractivity contribution >= 4 is 17.9 Å². The van der Waals surface area contributed by atoms with Crippen molar-refractivity contribution in [3.05, 3.63) is 170 Å². The van der Waals surface area contributed by atoms with Crippen molar-refractivity contribution in [3.63, 3.8) is 0 Å². The summed E-state index contributed by atoms with van der Waals surface area (Å²) in [5.74, 6) is -1.00. The maximum Gasteiger partial charge on any atom is 0.306 e. The Kier molecular flexibility index (Phi) is 62.9. The minimum absolute atomic E-state index is 0.118. The molecule has 0 bridgehead atoms. The molecular weight excluding hydrogens is 997 g/mol. The second kappa shape index (κ2) is 67.3. The molecule has 6 nitrogen and oxygen atoms in total. The number of rotatable bonds is 57. The van der Waals surface area contributed by atoms with Gasteiger partial charge < -0.3 is 14.2 Å². The van der Waals surface area contributed by atoms with Crippen LogP contribution in [0.4, 0.5) is 0 Å². The van der Waals surface area contributed by atoms with Crippen LogP contribution in [0.2, 0.25) is 0 Å². The number of unbranched alkanes of at least 4 members (excludes halogenated alkanes) is 18. The third-order valence-corrected chi connectivity index (χ3v) is 13.2. The van der Waals surface area contributed by atoms with Gasteiger partial charge in [0.25, 0.3) is 0 Å². The van der Waals surface area contributed by atoms with Crippen LogP contribution >= 0.6 is 0 Å². The highest BCUT2D eigenvalue weighted by Gasteiger charge is 2.19. The van der Waals surface area contributed by atoms with E-state index in [1.54, 1.807) is 0 Å². The molecule has 0 aromatic heterocycles. The van der Waals surface area contributed by atoms with E-state index in [0.717, 1.165) is 148 Å². The SMILES string of the molecule is CC/C=C\C/C=C\C/C=C\C/C=C\C/C=C\C/C=C\C/C=C\C/C=C\CCCCC(=O)OCC(COC(=O)CCCCC/C=C\C/C=C\C/C=C\CC)OC(=O)CCCCCCCCCC/C=C\C/C=C\C/C=C\CCCCCCC. The Morgan fingerprint density at radius 3 is 0.790 bits per heavy atom. The fourth-order valence-corrected chi connectivity index (χ4v) is 8.36. The topological polar surface area (TPSA) is 78.9 Å². The van der Waals surface area contributed by atoms with E-state index in [-0.39, 0.29) is 37.5 Å². The van der Waals surface area contributed by atoms with E-state index in [1.807, 2.05) is 0 Å². The second-order valence-corrected chi connectivity index (χ2v) is 20.9. The van der Waals surface area contributed by atoms with E-state index in [4.69, 9.17) is 14.2 Å². The second-order valence-electron chi connectivity index (χ2n) is 20.9. The van der Waals surface area contributed by atoms with Gasteiger partial charge in [-0.25, -0.2) is 0 Å². The molecule has 0 aliphatic heterocycles. The van der Waals surface area contributed by atoms with Crippen LogP contribution in [0.3, 0.4) is 0 Å². The molecule has 0 radical (unpaired) electrons. The fraction of sp³-hybridized carbons (Fsp3) is 0.587. The molecule has 0 amide bonds. The van der Waals surface area contributed by atoms with E-state index >= 15 is 0 Å². The number of hydrogen-bond acceptors (Lipinski definition) is 6. The Morgan fingerprint density at radius 1 is 0.259 bits per heavy atom. The van der Waals surface area contributed by atoms with Gasteiger partial charge in [-0.1, -0.05) is 262 Å². The predicted octanol–water partition coefficient (Wildman–Crippen LogP) is 22.7. The normalized spacial score (nSPS) is 13.3. The summed E-state index contributed by atoms with van der Waals surface area (Å²) in [5.41, 5.74) is 0. The summed E-state index contributed by atoms with van der Waals surface area (Å²) < 4.78 is 16.9. The molecule has 0 aromatic rings. The van der Waals surface area contributed by atoms with Crippen LogP contribution in [0, 0.1) is 0 Å². The lowest BCUT2D eigenvalue weighted by Gasteiger charge is -2.18. The Hall–Kier alpha value is -5.23. The molecule has 0 saturated carbocycles. The molecule has 0 saturated heterocycles. The number of esters is 3. The van der Waals surface area contributed by atoms with Crippen molar-refractivity contribution < 1.29 is 28.6 Å². The van der Waals surface area contributed by atoms with Crippen LogP contribution in [0.15, 0.2) is 170 Å². The molecule has 0 N–H and O–H groups in total. The van der Waals surface area contributed by atoms with E-state index < -0.39 is 6.10 Å². The monoisotopic (exact) mass is 1110 g/mol. The minimum Gasteiger partial charge on any atom is -0.462 e. The molecule has 454 valence electrons. The highest BCUT2D eigenvalue weighted by Crippen LogP contribution is 2.14. The van der Waals surface area contributed by atoms with Gasteiger partial charge in [0.2, 0.25) is 0 Å². The number of hydrogen-bond donors (Lipinski definition) is 0. The first-order chi connectivity index (χ1) is 40.0. The highest BCUT2D eigenvalue weighted by molar-refractivity contribution is 5.71. The molecule has 6 heteroatoms. The Bertz CT molecular complexity index is 1860. The maximum absolute atomic E-state index is 12.9. The van der Waals surface area contributed by atoms with Crippen LogP contribution < -0.4 is 0 Å². The predicted molar refractivity (Wildman–Crippen MR) is 352 cm³/mol.